The maximum absolute atomic E-state index is 6.01. The fourth-order valence-corrected chi connectivity index (χ4v) is 2.10. The maximum Gasteiger partial charge on any atom is 0.0377 e. The summed E-state index contributed by atoms with van der Waals surface area (Å²) in [5.41, 5.74) is 5.51. The number of halogens is 2. The minimum atomic E-state index is 0.264. The predicted molar refractivity (Wildman–Crippen MR) is 45.7 cm³/mol. The molecule has 1 aliphatic rings. The van der Waals surface area contributed by atoms with Crippen LogP contribution in [0.25, 0.3) is 0 Å². The average molecular weight is 182 g/mol. The summed E-state index contributed by atoms with van der Waals surface area (Å²) in [5, 5.41) is 0.573. The van der Waals surface area contributed by atoms with Crippen LogP contribution in [0.5, 0.6) is 0 Å². The van der Waals surface area contributed by atoms with Gasteiger partial charge in [0, 0.05) is 10.8 Å². The van der Waals surface area contributed by atoms with Gasteiger partial charge >= 0.3 is 0 Å². The van der Waals surface area contributed by atoms with E-state index < -0.39 is 0 Å². The van der Waals surface area contributed by atoms with Gasteiger partial charge in [-0.25, -0.2) is 0 Å². The normalized spacial score (nSPS) is 41.7. The number of alkyl halides is 2. The van der Waals surface area contributed by atoms with Gasteiger partial charge in [0.05, 0.1) is 0 Å². The molecular weight excluding hydrogens is 169 g/mol. The molecule has 0 heterocycles. The topological polar surface area (TPSA) is 26.0 Å². The van der Waals surface area contributed by atoms with Crippen LogP contribution in [0.15, 0.2) is 0 Å². The van der Waals surface area contributed by atoms with Crippen LogP contribution in [0.2, 0.25) is 0 Å². The Morgan fingerprint density at radius 1 is 1.30 bits per heavy atom. The van der Waals surface area contributed by atoms with E-state index in [2.05, 4.69) is 0 Å². The zero-order chi connectivity index (χ0) is 7.56. The number of hydrogen-bond acceptors (Lipinski definition) is 1. The van der Waals surface area contributed by atoms with Gasteiger partial charge in [-0.1, -0.05) is 0 Å². The molecule has 0 aliphatic heterocycles. The molecule has 3 atom stereocenters. The third kappa shape index (κ3) is 2.01. The van der Waals surface area contributed by atoms with E-state index in [-0.39, 0.29) is 5.38 Å². The smallest absolute Gasteiger partial charge is 0.0377 e. The first-order chi connectivity index (χ1) is 4.74. The first-order valence-corrected chi connectivity index (χ1v) is 4.59. The van der Waals surface area contributed by atoms with Crippen LogP contribution in [0, 0.1) is 5.92 Å². The Morgan fingerprint density at radius 3 is 2.50 bits per heavy atom. The highest BCUT2D eigenvalue weighted by Gasteiger charge is 2.26. The molecule has 1 saturated carbocycles. The van der Waals surface area contributed by atoms with Crippen molar-refractivity contribution in [2.24, 2.45) is 11.7 Å². The molecule has 0 aromatic heterocycles. The highest BCUT2D eigenvalue weighted by molar-refractivity contribution is 6.22. The van der Waals surface area contributed by atoms with E-state index in [1.54, 1.807) is 0 Å². The van der Waals surface area contributed by atoms with Crippen LogP contribution in [-0.2, 0) is 0 Å². The van der Waals surface area contributed by atoms with Crippen LogP contribution in [0.3, 0.4) is 0 Å². The van der Waals surface area contributed by atoms with E-state index >= 15 is 0 Å². The van der Waals surface area contributed by atoms with E-state index in [9.17, 15) is 0 Å². The van der Waals surface area contributed by atoms with Crippen molar-refractivity contribution in [2.75, 3.05) is 6.54 Å². The fraction of sp³-hybridized carbons (Fsp3) is 1.00. The van der Waals surface area contributed by atoms with Crippen molar-refractivity contribution in [1.82, 2.24) is 0 Å². The van der Waals surface area contributed by atoms with Gasteiger partial charge in [-0.05, 0) is 31.7 Å². The van der Waals surface area contributed by atoms with Gasteiger partial charge in [0.1, 0.15) is 0 Å². The first-order valence-electron chi connectivity index (χ1n) is 3.72. The minimum absolute atomic E-state index is 0.264. The Balaban J connectivity index is 2.38. The summed E-state index contributed by atoms with van der Waals surface area (Å²) >= 11 is 12.0. The molecule has 3 heteroatoms. The van der Waals surface area contributed by atoms with E-state index in [0.29, 0.717) is 17.8 Å². The van der Waals surface area contributed by atoms with Crippen molar-refractivity contribution in [3.8, 4) is 0 Å². The lowest BCUT2D eigenvalue weighted by Gasteiger charge is -2.28. The third-order valence-electron chi connectivity index (χ3n) is 2.13. The molecule has 1 rings (SSSR count). The lowest BCUT2D eigenvalue weighted by Crippen LogP contribution is -2.31. The number of rotatable bonds is 1. The van der Waals surface area contributed by atoms with Gasteiger partial charge in [0.25, 0.3) is 0 Å². The molecule has 0 aromatic carbocycles. The Bertz CT molecular complexity index is 108. The second-order valence-electron chi connectivity index (χ2n) is 2.92. The highest BCUT2D eigenvalue weighted by Crippen LogP contribution is 2.30. The van der Waals surface area contributed by atoms with E-state index in [1.807, 2.05) is 0 Å². The summed E-state index contributed by atoms with van der Waals surface area (Å²) in [6.45, 7) is 0.678. The molecule has 0 saturated heterocycles. The summed E-state index contributed by atoms with van der Waals surface area (Å²) in [6, 6.07) is 0. The van der Waals surface area contributed by atoms with Crippen molar-refractivity contribution >= 4 is 23.2 Å². The predicted octanol–water partition coefficient (Wildman–Crippen LogP) is 1.96. The van der Waals surface area contributed by atoms with Crippen LogP contribution >= 0.6 is 23.2 Å². The maximum atomic E-state index is 6.01. The molecule has 0 spiro atoms. The van der Waals surface area contributed by atoms with Crippen molar-refractivity contribution in [1.29, 1.82) is 0 Å². The van der Waals surface area contributed by atoms with Crippen LogP contribution in [0.4, 0.5) is 0 Å². The highest BCUT2D eigenvalue weighted by atomic mass is 35.5. The zero-order valence-electron chi connectivity index (χ0n) is 5.89. The molecular formula is C7H13Cl2N. The van der Waals surface area contributed by atoms with Crippen molar-refractivity contribution < 1.29 is 0 Å². The number of nitrogens with two attached hydrogens (primary N) is 1. The molecule has 2 N–H and O–H groups in total. The molecule has 10 heavy (non-hydrogen) atoms. The zero-order valence-corrected chi connectivity index (χ0v) is 7.41. The van der Waals surface area contributed by atoms with Gasteiger partial charge in [-0.2, -0.15) is 0 Å². The van der Waals surface area contributed by atoms with E-state index in [4.69, 9.17) is 28.9 Å². The van der Waals surface area contributed by atoms with Crippen molar-refractivity contribution in [3.05, 3.63) is 0 Å². The molecule has 1 fully saturated rings. The summed E-state index contributed by atoms with van der Waals surface area (Å²) < 4.78 is 0. The lowest BCUT2D eigenvalue weighted by molar-refractivity contribution is 0.378. The van der Waals surface area contributed by atoms with Crippen LogP contribution in [-0.4, -0.2) is 17.3 Å². The Kier molecular flexibility index (Phi) is 3.28. The molecule has 0 bridgehead atoms. The molecule has 0 amide bonds. The average Bonchev–Trinajstić information content (AvgIpc) is 1.94. The second kappa shape index (κ2) is 3.80. The van der Waals surface area contributed by atoms with Crippen LogP contribution < -0.4 is 5.73 Å². The van der Waals surface area contributed by atoms with Gasteiger partial charge in [-0.3, -0.25) is 0 Å². The van der Waals surface area contributed by atoms with E-state index in [0.717, 1.165) is 19.3 Å². The summed E-state index contributed by atoms with van der Waals surface area (Å²) in [5.74, 6) is 0.443. The molecule has 60 valence electrons. The summed E-state index contributed by atoms with van der Waals surface area (Å²) in [6.07, 6.45) is 3.07. The molecule has 3 unspecified atom stereocenters. The van der Waals surface area contributed by atoms with Gasteiger partial charge in [-0.15, -0.1) is 23.2 Å². The van der Waals surface area contributed by atoms with Crippen molar-refractivity contribution in [3.63, 3.8) is 0 Å². The van der Waals surface area contributed by atoms with Gasteiger partial charge in [0.15, 0.2) is 0 Å². The first kappa shape index (κ1) is 8.63. The largest absolute Gasteiger partial charge is 0.330 e. The van der Waals surface area contributed by atoms with Crippen molar-refractivity contribution in [2.45, 2.75) is 30.0 Å². The summed E-state index contributed by atoms with van der Waals surface area (Å²) in [7, 11) is 0. The molecule has 1 aliphatic carbocycles. The fourth-order valence-electron chi connectivity index (χ4n) is 1.41. The standard InChI is InChI=1S/C7H13Cl2N/c8-6-1-2-7(9)5(3-6)4-10/h5-7H,1-4,10H2. The number of hydrogen-bond donors (Lipinski definition) is 1. The SMILES string of the molecule is NCC1CC(Cl)CCC1Cl. The lowest BCUT2D eigenvalue weighted by atomic mass is 9.88. The quantitative estimate of drug-likeness (QED) is 0.616. The summed E-state index contributed by atoms with van der Waals surface area (Å²) in [4.78, 5) is 0. The molecule has 0 radical (unpaired) electrons. The Morgan fingerprint density at radius 2 is 2.00 bits per heavy atom. The van der Waals surface area contributed by atoms with Gasteiger partial charge in [0.2, 0.25) is 0 Å². The van der Waals surface area contributed by atoms with Crippen LogP contribution in [0.1, 0.15) is 19.3 Å². The van der Waals surface area contributed by atoms with Gasteiger partial charge < -0.3 is 5.73 Å². The minimum Gasteiger partial charge on any atom is -0.330 e. The third-order valence-corrected chi connectivity index (χ3v) is 3.10. The monoisotopic (exact) mass is 181 g/mol. The molecule has 0 aromatic rings. The second-order valence-corrected chi connectivity index (χ2v) is 4.10. The Hall–Kier alpha value is 0.540. The Labute approximate surface area is 71.9 Å². The molecule has 1 nitrogen and oxygen atoms in total. The van der Waals surface area contributed by atoms with E-state index in [1.165, 1.54) is 0 Å².